The summed E-state index contributed by atoms with van der Waals surface area (Å²) >= 11 is 0. The van der Waals surface area contributed by atoms with E-state index >= 15 is 9.59 Å². The average molecular weight is 1740 g/mol. The van der Waals surface area contributed by atoms with Crippen LogP contribution < -0.4 is 97.4 Å². The minimum Gasteiger partial charge on any atom is -0.481 e. The zero-order valence-corrected chi connectivity index (χ0v) is 74.6. The predicted octanol–water partition coefficient (Wildman–Crippen LogP) is -0.794. The quantitative estimate of drug-likeness (QED) is 0.0332. The Labute approximate surface area is 721 Å². The molecular formula is C83H142N18O22. The Bertz CT molecular complexity index is 3620. The Kier molecular flexibility index (Phi) is 48.3. The zero-order chi connectivity index (χ0) is 93.4. The number of hydrogen-bond donors (Lipinski definition) is 19. The topological polar surface area (TPSA) is 643 Å². The first-order valence-corrected chi connectivity index (χ1v) is 43.2. The summed E-state index contributed by atoms with van der Waals surface area (Å²) in [6.45, 7) is 25.3. The lowest BCUT2D eigenvalue weighted by Crippen LogP contribution is -2.62. The second-order valence-electron chi connectivity index (χ2n) is 35.3. The Morgan fingerprint density at radius 2 is 0.756 bits per heavy atom. The normalized spacial score (nSPS) is 21.4. The van der Waals surface area contributed by atoms with Gasteiger partial charge in [0.1, 0.15) is 91.2 Å². The Morgan fingerprint density at radius 1 is 0.390 bits per heavy atom. The molecule has 0 unspecified atom stereocenters. The largest absolute Gasteiger partial charge is 0.481 e. The van der Waals surface area contributed by atoms with E-state index in [-0.39, 0.29) is 68.6 Å². The first kappa shape index (κ1) is 108. The highest BCUT2D eigenvalue weighted by molar-refractivity contribution is 6.01. The van der Waals surface area contributed by atoms with Crippen molar-refractivity contribution < 1.29 is 106 Å². The third kappa shape index (κ3) is 41.9. The summed E-state index contributed by atoms with van der Waals surface area (Å²) in [6.07, 6.45) is 0.481. The van der Waals surface area contributed by atoms with Crippen molar-refractivity contribution >= 4 is 118 Å². The molecule has 2 fully saturated rings. The van der Waals surface area contributed by atoms with E-state index in [2.05, 4.69) is 74.4 Å². The molecule has 696 valence electrons. The number of carboxylic acids is 1. The van der Waals surface area contributed by atoms with E-state index in [1.54, 1.807) is 76.2 Å². The summed E-state index contributed by atoms with van der Waals surface area (Å²) in [6, 6.07) is -22.6. The molecule has 0 aromatic rings. The summed E-state index contributed by atoms with van der Waals surface area (Å²) in [7, 11) is 0. The number of hydrogen-bond acceptors (Lipinski definition) is 21. The molecule has 1 heterocycles. The van der Waals surface area contributed by atoms with E-state index in [1.807, 2.05) is 0 Å². The Hall–Kier alpha value is -10.6. The van der Waals surface area contributed by atoms with Crippen molar-refractivity contribution in [2.24, 2.45) is 76.2 Å². The van der Waals surface area contributed by atoms with Crippen molar-refractivity contribution in [2.45, 2.75) is 343 Å². The van der Waals surface area contributed by atoms with E-state index < -0.39 is 297 Å². The molecule has 1 aliphatic heterocycles. The zero-order valence-electron chi connectivity index (χ0n) is 74.6. The van der Waals surface area contributed by atoms with Crippen molar-refractivity contribution in [1.82, 2.24) is 74.4 Å². The molecule has 40 heteroatoms. The Balaban J connectivity index is 2.88. The average Bonchev–Trinajstić information content (AvgIpc) is 1.21. The maximum atomic E-state index is 15.1. The van der Waals surface area contributed by atoms with Crippen molar-refractivity contribution in [1.29, 1.82) is 0 Å². The van der Waals surface area contributed by atoms with Crippen LogP contribution in [0.25, 0.3) is 0 Å². The predicted molar refractivity (Wildman–Crippen MR) is 451 cm³/mol. The van der Waals surface area contributed by atoms with Crippen LogP contribution in [0.1, 0.15) is 258 Å². The van der Waals surface area contributed by atoms with Crippen LogP contribution in [0.2, 0.25) is 0 Å². The molecule has 40 nitrogen and oxygen atoms in total. The maximum absolute atomic E-state index is 15.1. The van der Waals surface area contributed by atoms with Gasteiger partial charge in [0.15, 0.2) is 0 Å². The molecule has 15 atom stereocenters. The number of nitrogens with two attached hydrogens (primary N) is 4. The minimum absolute atomic E-state index is 0.0440. The SMILES string of the molecule is CC[C@H](C)[C@@H]1NC(=O)[C@@H](CCC(N)=O)NC(=O)[C@H](CC(C)C)NC(=O)[C@H](CC(C)C)NC(=O)[C@@H](CCC(N)=O)NC(=O)[C@@H](CC(C)C)NC(=O)[C@@H](C(C)C)NC(=O)[C@H](NC(=O)[C@H](CCC(N)=O)NC(=O)[C@@H](CC(C)C)NC(=O)[C@H](NC(=O)[C@@H](CCC(N)=O)NC(=O)[C@@H](CCC(=O)O)NC(=O)[C@H](CC(C)C)NC(=O)CCC2CCCCC2)C(C)C)COC1=O. The molecule has 1 aliphatic carbocycles. The van der Waals surface area contributed by atoms with Crippen LogP contribution in [0.4, 0.5) is 0 Å². The smallest absolute Gasteiger partial charge is 0.329 e. The van der Waals surface area contributed by atoms with Gasteiger partial charge >= 0.3 is 11.9 Å². The lowest BCUT2D eigenvalue weighted by atomic mass is 9.86. The molecule has 0 aromatic heterocycles. The van der Waals surface area contributed by atoms with Gasteiger partial charge in [-0.15, -0.1) is 0 Å². The third-order valence-electron chi connectivity index (χ3n) is 21.0. The molecule has 2 rings (SSSR count). The highest BCUT2D eigenvalue weighted by atomic mass is 16.5. The number of nitrogens with one attached hydrogen (secondary N) is 14. The fourth-order valence-corrected chi connectivity index (χ4v) is 14.0. The number of aliphatic carboxylic acids is 1. The molecule has 1 saturated heterocycles. The van der Waals surface area contributed by atoms with E-state index in [0.717, 1.165) is 32.1 Å². The summed E-state index contributed by atoms with van der Waals surface area (Å²) in [4.78, 5) is 280. The van der Waals surface area contributed by atoms with Crippen molar-refractivity contribution in [2.75, 3.05) is 6.61 Å². The number of primary amides is 4. The van der Waals surface area contributed by atoms with Crippen LogP contribution in [-0.4, -0.2) is 215 Å². The van der Waals surface area contributed by atoms with Crippen LogP contribution in [0.3, 0.4) is 0 Å². The number of cyclic esters (lactones) is 1. The lowest BCUT2D eigenvalue weighted by Gasteiger charge is -2.30. The highest BCUT2D eigenvalue weighted by Crippen LogP contribution is 2.28. The van der Waals surface area contributed by atoms with E-state index in [9.17, 15) is 91.4 Å². The molecule has 0 radical (unpaired) electrons. The van der Waals surface area contributed by atoms with Crippen molar-refractivity contribution in [3.8, 4) is 0 Å². The standard InChI is InChI=1S/C83H142N18O22/c1-17-48(16)69-83(122)123-40-60(80(119)100-68(47(14)15)82(121)97-58(38-44(8)9)77(116)90-50(24-29-61(84)102)71(110)94-57(37-43(6)7)79(118)95-56(36-42(4)5)76(115)92-53(74(113)101-69)27-32-64(87)105)98-72(111)51(25-30-62(85)103)91-78(117)59(39-45(10)11)96-81(120)67(46(12)13)99-73(112)52(26-31-63(86)104)89-70(109)54(28-34-66(107)108)93-75(114)55(35-41(2)3)88-65(106)33-23-49-21-19-18-20-22-49/h41-60,67-69H,17-40H2,1-16H3,(H2,84,102)(H2,85,103)(H2,86,104)(H2,87,105)(H,88,106)(H,89,109)(H,90,116)(H,91,117)(H,92,115)(H,93,114)(H,94,110)(H,95,118)(H,96,120)(H,97,121)(H,98,111)(H,99,112)(H,100,119)(H,101,113)(H,107,108)/t48-,50+,51-,52+,53+,54+,55-,56-,57-,58+,59+,60+,67+,68+,69-/m0/s1. The van der Waals surface area contributed by atoms with Gasteiger partial charge in [-0.1, -0.05) is 149 Å². The first-order valence-electron chi connectivity index (χ1n) is 43.2. The molecule has 123 heavy (non-hydrogen) atoms. The van der Waals surface area contributed by atoms with E-state index in [0.29, 0.717) is 12.3 Å². The molecule has 0 aromatic carbocycles. The molecule has 0 spiro atoms. The molecule has 23 N–H and O–H groups in total. The van der Waals surface area contributed by atoms with Crippen LogP contribution in [0, 0.1) is 53.3 Å². The monoisotopic (exact) mass is 1740 g/mol. The summed E-state index contributed by atoms with van der Waals surface area (Å²) < 4.78 is 5.80. The van der Waals surface area contributed by atoms with Crippen LogP contribution in [0.5, 0.6) is 0 Å². The highest BCUT2D eigenvalue weighted by Gasteiger charge is 2.42. The van der Waals surface area contributed by atoms with Crippen LogP contribution in [0.15, 0.2) is 0 Å². The van der Waals surface area contributed by atoms with Crippen molar-refractivity contribution in [3.05, 3.63) is 0 Å². The second kappa shape index (κ2) is 54.8. The van der Waals surface area contributed by atoms with Crippen molar-refractivity contribution in [3.63, 3.8) is 0 Å². The van der Waals surface area contributed by atoms with Gasteiger partial charge in [-0.25, -0.2) is 4.79 Å². The number of esters is 1. The summed E-state index contributed by atoms with van der Waals surface area (Å²) in [5.41, 5.74) is 22.2. The van der Waals surface area contributed by atoms with Gasteiger partial charge in [0.05, 0.1) is 0 Å². The van der Waals surface area contributed by atoms with Gasteiger partial charge < -0.3 is 107 Å². The molecule has 0 bridgehead atoms. The lowest BCUT2D eigenvalue weighted by molar-refractivity contribution is -0.152. The number of carbonyl (C=O) groups excluding carboxylic acids is 19. The molecule has 18 amide bonds. The molecule has 2 aliphatic rings. The number of ether oxygens (including phenoxy) is 1. The van der Waals surface area contributed by atoms with Gasteiger partial charge in [0, 0.05) is 38.5 Å². The summed E-state index contributed by atoms with van der Waals surface area (Å²) in [5.74, 6) is -24.1. The van der Waals surface area contributed by atoms with Gasteiger partial charge in [-0.2, -0.15) is 0 Å². The third-order valence-corrected chi connectivity index (χ3v) is 21.0. The van der Waals surface area contributed by atoms with Crippen LogP contribution >= 0.6 is 0 Å². The number of amides is 18. The molecule has 1 saturated carbocycles. The minimum atomic E-state index is -2.10. The maximum Gasteiger partial charge on any atom is 0.329 e. The van der Waals surface area contributed by atoms with Gasteiger partial charge in [-0.3, -0.25) is 91.1 Å². The van der Waals surface area contributed by atoms with Gasteiger partial charge in [0.2, 0.25) is 106 Å². The number of carboxylic acid groups (broad SMARTS) is 1. The fourth-order valence-electron chi connectivity index (χ4n) is 14.0. The summed E-state index contributed by atoms with van der Waals surface area (Å²) in [5, 5.41) is 45.7. The van der Waals surface area contributed by atoms with Crippen LogP contribution in [-0.2, 0) is 101 Å². The fraction of sp³-hybridized carbons (Fsp3) is 0.759. The van der Waals surface area contributed by atoms with Gasteiger partial charge in [0.25, 0.3) is 0 Å². The van der Waals surface area contributed by atoms with Gasteiger partial charge in [-0.05, 0) is 124 Å². The number of carbonyl (C=O) groups is 20. The number of rotatable bonds is 45. The van der Waals surface area contributed by atoms with E-state index in [4.69, 9.17) is 27.7 Å². The first-order chi connectivity index (χ1) is 57.4. The van der Waals surface area contributed by atoms with E-state index in [1.165, 1.54) is 34.6 Å². The molecular weight excluding hydrogens is 1600 g/mol. The second-order valence-corrected chi connectivity index (χ2v) is 35.3. The Morgan fingerprint density at radius 3 is 1.15 bits per heavy atom.